The van der Waals surface area contributed by atoms with E-state index in [-0.39, 0.29) is 0 Å². The van der Waals surface area contributed by atoms with E-state index in [1.165, 1.54) is 6.42 Å². The highest BCUT2D eigenvalue weighted by molar-refractivity contribution is 6.28. The lowest BCUT2D eigenvalue weighted by atomic mass is 10.1. The minimum atomic E-state index is 0.376. The van der Waals surface area contributed by atoms with Gasteiger partial charge in [0.25, 0.3) is 0 Å². The maximum atomic E-state index is 6.14. The number of anilines is 1. The molecule has 8 nitrogen and oxygen atoms in total. The van der Waals surface area contributed by atoms with Gasteiger partial charge in [-0.1, -0.05) is 0 Å². The highest BCUT2D eigenvalue weighted by Crippen LogP contribution is 2.26. The second-order valence-electron chi connectivity index (χ2n) is 7.31. The lowest BCUT2D eigenvalue weighted by molar-refractivity contribution is 0.216. The zero-order chi connectivity index (χ0) is 19.8. The summed E-state index contributed by atoms with van der Waals surface area (Å²) >= 11 is 5.90. The normalized spacial score (nSPS) is 17.5. The van der Waals surface area contributed by atoms with Crippen LogP contribution < -0.4 is 5.73 Å². The zero-order valence-electron chi connectivity index (χ0n) is 15.8. The first kappa shape index (κ1) is 18.2. The second-order valence-corrected chi connectivity index (χ2v) is 7.68. The summed E-state index contributed by atoms with van der Waals surface area (Å²) in [6.45, 7) is 1.84. The van der Waals surface area contributed by atoms with Crippen LogP contribution >= 0.6 is 11.6 Å². The molecule has 1 aliphatic heterocycles. The molecule has 0 radical (unpaired) electrons. The number of hydrogen-bond donors (Lipinski definition) is 1. The molecule has 9 heteroatoms. The van der Waals surface area contributed by atoms with Crippen molar-refractivity contribution < 1.29 is 8.83 Å². The summed E-state index contributed by atoms with van der Waals surface area (Å²) in [5.74, 6) is 2.38. The predicted molar refractivity (Wildman–Crippen MR) is 108 cm³/mol. The molecule has 1 saturated heterocycles. The van der Waals surface area contributed by atoms with Crippen LogP contribution in [0.25, 0.3) is 17.2 Å². The van der Waals surface area contributed by atoms with Gasteiger partial charge in [-0.3, -0.25) is 4.90 Å². The predicted octanol–water partition coefficient (Wildman–Crippen LogP) is 3.81. The molecule has 0 aliphatic carbocycles. The quantitative estimate of drug-likeness (QED) is 0.514. The molecule has 1 atom stereocenters. The van der Waals surface area contributed by atoms with Crippen LogP contribution in [0.3, 0.4) is 0 Å². The first-order valence-corrected chi connectivity index (χ1v) is 10.1. The summed E-state index contributed by atoms with van der Waals surface area (Å²) in [7, 11) is 0. The Balaban J connectivity index is 1.29. The van der Waals surface area contributed by atoms with Crippen molar-refractivity contribution in [1.82, 2.24) is 24.5 Å². The maximum Gasteiger partial charge on any atom is 0.218 e. The van der Waals surface area contributed by atoms with Crippen LogP contribution in [0.1, 0.15) is 30.7 Å². The lowest BCUT2D eigenvalue weighted by Gasteiger charge is -2.23. The van der Waals surface area contributed by atoms with E-state index in [0.717, 1.165) is 43.8 Å². The van der Waals surface area contributed by atoms with Crippen LogP contribution in [0.15, 0.2) is 45.6 Å². The highest BCUT2D eigenvalue weighted by atomic mass is 35.5. The minimum absolute atomic E-state index is 0.376. The van der Waals surface area contributed by atoms with E-state index in [9.17, 15) is 0 Å². The Bertz CT molecular complexity index is 1120. The Morgan fingerprint density at radius 1 is 1.24 bits per heavy atom. The molecule has 1 aliphatic rings. The summed E-state index contributed by atoms with van der Waals surface area (Å²) in [6, 6.07) is 7.83. The third kappa shape index (κ3) is 3.73. The molecule has 0 saturated carbocycles. The van der Waals surface area contributed by atoms with Gasteiger partial charge in [0, 0.05) is 6.04 Å². The fourth-order valence-electron chi connectivity index (χ4n) is 3.97. The average Bonchev–Trinajstić information content (AvgIpc) is 3.48. The van der Waals surface area contributed by atoms with Crippen molar-refractivity contribution in [3.8, 4) is 11.6 Å². The van der Waals surface area contributed by atoms with Gasteiger partial charge in [0.05, 0.1) is 24.7 Å². The standard InChI is InChI=1S/C20H21ClN6O2/c21-17-8-7-15(29-17)12-26-9-1-3-14(26)6-5-13-11-27-20(18(22)23-13)24-19(25-27)16-4-2-10-28-16/h2,4,7-8,10-11,14H,1,3,5-6,9,12H2,(H2,22,23)/t14-/m1/s1. The Labute approximate surface area is 172 Å². The SMILES string of the molecule is Nc1nc(CC[C@H]2CCCN2Cc2ccc(Cl)o2)cn2nc(-c3ccco3)nc12. The van der Waals surface area contributed by atoms with E-state index in [2.05, 4.69) is 20.0 Å². The maximum absolute atomic E-state index is 6.14. The fraction of sp³-hybridized carbons (Fsp3) is 0.350. The molecule has 2 N–H and O–H groups in total. The molecule has 5 rings (SSSR count). The van der Waals surface area contributed by atoms with Crippen molar-refractivity contribution >= 4 is 23.1 Å². The van der Waals surface area contributed by atoms with Crippen molar-refractivity contribution in [3.05, 3.63) is 53.4 Å². The number of halogens is 1. The number of fused-ring (bicyclic) bond motifs is 1. The van der Waals surface area contributed by atoms with Crippen molar-refractivity contribution in [2.75, 3.05) is 12.3 Å². The van der Waals surface area contributed by atoms with Gasteiger partial charge >= 0.3 is 0 Å². The number of nitrogen functional groups attached to an aromatic ring is 1. The third-order valence-electron chi connectivity index (χ3n) is 5.36. The number of aromatic nitrogens is 4. The van der Waals surface area contributed by atoms with Gasteiger partial charge in [0.2, 0.25) is 5.82 Å². The summed E-state index contributed by atoms with van der Waals surface area (Å²) in [4.78, 5) is 11.4. The molecule has 0 amide bonds. The van der Waals surface area contributed by atoms with Crippen molar-refractivity contribution in [1.29, 1.82) is 0 Å². The van der Waals surface area contributed by atoms with Gasteiger partial charge in [-0.2, -0.15) is 0 Å². The number of aryl methyl sites for hydroxylation is 1. The van der Waals surface area contributed by atoms with Gasteiger partial charge in [0.15, 0.2) is 22.4 Å². The fourth-order valence-corrected chi connectivity index (χ4v) is 4.14. The topological polar surface area (TPSA) is 98.6 Å². The molecule has 29 heavy (non-hydrogen) atoms. The Morgan fingerprint density at radius 3 is 2.97 bits per heavy atom. The molecule has 4 aromatic rings. The second kappa shape index (κ2) is 7.53. The summed E-state index contributed by atoms with van der Waals surface area (Å²) in [6.07, 6.45) is 7.65. The molecule has 0 spiro atoms. The third-order valence-corrected chi connectivity index (χ3v) is 5.56. The number of nitrogens with two attached hydrogens (primary N) is 1. The number of rotatable bonds is 6. The number of furan rings is 2. The van der Waals surface area contributed by atoms with Crippen LogP contribution in [0, 0.1) is 0 Å². The Morgan fingerprint density at radius 2 is 2.17 bits per heavy atom. The molecule has 0 aromatic carbocycles. The van der Waals surface area contributed by atoms with E-state index >= 15 is 0 Å². The van der Waals surface area contributed by atoms with E-state index in [1.54, 1.807) is 22.9 Å². The van der Waals surface area contributed by atoms with Crippen LogP contribution in [0.4, 0.5) is 5.82 Å². The number of hydrogen-bond acceptors (Lipinski definition) is 7. The van der Waals surface area contributed by atoms with Gasteiger partial charge in [-0.25, -0.2) is 14.5 Å². The van der Waals surface area contributed by atoms with E-state index in [0.29, 0.717) is 34.3 Å². The van der Waals surface area contributed by atoms with Crippen LogP contribution in [0.5, 0.6) is 0 Å². The Kier molecular flexibility index (Phi) is 4.73. The van der Waals surface area contributed by atoms with Crippen molar-refractivity contribution in [3.63, 3.8) is 0 Å². The van der Waals surface area contributed by atoms with Gasteiger partial charge in [-0.15, -0.1) is 5.10 Å². The Hall–Kier alpha value is -2.84. The first-order chi connectivity index (χ1) is 14.2. The average molecular weight is 413 g/mol. The molecule has 0 bridgehead atoms. The molecule has 0 unspecified atom stereocenters. The minimum Gasteiger partial charge on any atom is -0.461 e. The van der Waals surface area contributed by atoms with E-state index in [4.69, 9.17) is 26.2 Å². The van der Waals surface area contributed by atoms with Crippen LogP contribution in [0.2, 0.25) is 5.22 Å². The van der Waals surface area contributed by atoms with E-state index in [1.807, 2.05) is 18.3 Å². The van der Waals surface area contributed by atoms with Gasteiger partial charge < -0.3 is 14.6 Å². The van der Waals surface area contributed by atoms with E-state index < -0.39 is 0 Å². The molecule has 1 fully saturated rings. The molecule has 150 valence electrons. The molecular weight excluding hydrogens is 392 g/mol. The molecular formula is C20H21ClN6O2. The number of likely N-dealkylation sites (tertiary alicyclic amines) is 1. The van der Waals surface area contributed by atoms with Crippen molar-refractivity contribution in [2.45, 2.75) is 38.3 Å². The van der Waals surface area contributed by atoms with Crippen LogP contribution in [-0.4, -0.2) is 37.1 Å². The summed E-state index contributed by atoms with van der Waals surface area (Å²) in [5, 5.41) is 4.92. The smallest absolute Gasteiger partial charge is 0.218 e. The van der Waals surface area contributed by atoms with Gasteiger partial charge in [-0.05, 0) is 68.1 Å². The lowest BCUT2D eigenvalue weighted by Crippen LogP contribution is -2.29. The molecule has 5 heterocycles. The van der Waals surface area contributed by atoms with Gasteiger partial charge in [0.1, 0.15) is 5.76 Å². The summed E-state index contributed by atoms with van der Waals surface area (Å²) in [5.41, 5.74) is 7.58. The summed E-state index contributed by atoms with van der Waals surface area (Å²) < 4.78 is 12.6. The highest BCUT2D eigenvalue weighted by Gasteiger charge is 2.25. The molecule has 4 aromatic heterocycles. The van der Waals surface area contributed by atoms with Crippen LogP contribution in [-0.2, 0) is 13.0 Å². The number of nitrogens with zero attached hydrogens (tertiary/aromatic N) is 5. The van der Waals surface area contributed by atoms with Crippen molar-refractivity contribution in [2.24, 2.45) is 0 Å². The zero-order valence-corrected chi connectivity index (χ0v) is 16.5. The first-order valence-electron chi connectivity index (χ1n) is 9.69. The largest absolute Gasteiger partial charge is 0.461 e. The monoisotopic (exact) mass is 412 g/mol.